The maximum Gasteiger partial charge on any atom is 0.307 e. The van der Waals surface area contributed by atoms with Gasteiger partial charge in [0.25, 0.3) is 0 Å². The molecule has 5 heteroatoms. The first kappa shape index (κ1) is 14.9. The molecule has 2 heterocycles. The first-order chi connectivity index (χ1) is 10.6. The summed E-state index contributed by atoms with van der Waals surface area (Å²) in [5, 5.41) is 10.2. The van der Waals surface area contributed by atoms with Gasteiger partial charge in [-0.3, -0.25) is 9.69 Å². The van der Waals surface area contributed by atoms with Gasteiger partial charge in [-0.25, -0.2) is 0 Å². The number of aliphatic carboxylic acids is 1. The summed E-state index contributed by atoms with van der Waals surface area (Å²) >= 11 is 0. The Labute approximate surface area is 129 Å². The molecular formula is C17H21NO4. The second-order valence-electron chi connectivity index (χ2n) is 6.01. The first-order valence-corrected chi connectivity index (χ1v) is 7.60. The lowest BCUT2D eigenvalue weighted by Gasteiger charge is -2.35. The number of rotatable bonds is 4. The average Bonchev–Trinajstić information content (AvgIpc) is 2.90. The predicted molar refractivity (Wildman–Crippen MR) is 83.0 cm³/mol. The van der Waals surface area contributed by atoms with E-state index in [1.807, 2.05) is 24.3 Å². The van der Waals surface area contributed by atoms with Crippen molar-refractivity contribution < 1.29 is 19.1 Å². The van der Waals surface area contributed by atoms with Gasteiger partial charge < -0.3 is 14.3 Å². The van der Waals surface area contributed by atoms with Gasteiger partial charge in [0.1, 0.15) is 17.1 Å². The number of furan rings is 1. The molecule has 2 atom stereocenters. The van der Waals surface area contributed by atoms with Gasteiger partial charge in [0.2, 0.25) is 0 Å². The number of methoxy groups -OCH3 is 1. The lowest BCUT2D eigenvalue weighted by molar-refractivity contribution is -0.144. The monoisotopic (exact) mass is 303 g/mol. The van der Waals surface area contributed by atoms with Crippen LogP contribution in [0.5, 0.6) is 5.75 Å². The van der Waals surface area contributed by atoms with Crippen molar-refractivity contribution in [2.45, 2.75) is 32.4 Å². The minimum Gasteiger partial charge on any atom is -0.497 e. The molecule has 3 rings (SSSR count). The number of carboxylic acid groups (broad SMARTS) is 1. The third-order valence-corrected chi connectivity index (χ3v) is 4.49. The second kappa shape index (κ2) is 6.01. The second-order valence-corrected chi connectivity index (χ2v) is 6.01. The van der Waals surface area contributed by atoms with Crippen molar-refractivity contribution in [3.05, 3.63) is 30.0 Å². The Morgan fingerprint density at radius 2 is 2.23 bits per heavy atom. The molecule has 0 saturated carbocycles. The maximum atomic E-state index is 11.2. The van der Waals surface area contributed by atoms with Crippen LogP contribution in [0.1, 0.15) is 25.5 Å². The van der Waals surface area contributed by atoms with Crippen molar-refractivity contribution in [3.63, 3.8) is 0 Å². The largest absolute Gasteiger partial charge is 0.497 e. The molecule has 1 aromatic carbocycles. The summed E-state index contributed by atoms with van der Waals surface area (Å²) in [7, 11) is 1.64. The van der Waals surface area contributed by atoms with Crippen LogP contribution in [0.25, 0.3) is 11.0 Å². The molecule has 118 valence electrons. The maximum absolute atomic E-state index is 11.2. The number of hydrogen-bond acceptors (Lipinski definition) is 4. The van der Waals surface area contributed by atoms with E-state index < -0.39 is 5.97 Å². The van der Waals surface area contributed by atoms with E-state index in [4.69, 9.17) is 9.15 Å². The van der Waals surface area contributed by atoms with E-state index >= 15 is 0 Å². The van der Waals surface area contributed by atoms with Gasteiger partial charge in [-0.2, -0.15) is 0 Å². The summed E-state index contributed by atoms with van der Waals surface area (Å²) in [5.74, 6) is 0.685. The van der Waals surface area contributed by atoms with Crippen LogP contribution in [0.15, 0.2) is 28.7 Å². The molecule has 1 aromatic heterocycles. The Kier molecular flexibility index (Phi) is 4.07. The number of likely N-dealkylation sites (tertiary alicyclic amines) is 1. The minimum absolute atomic E-state index is 0.277. The number of piperidine rings is 1. The van der Waals surface area contributed by atoms with Gasteiger partial charge in [0.05, 0.1) is 19.6 Å². The number of carboxylic acids is 1. The highest BCUT2D eigenvalue weighted by molar-refractivity contribution is 5.79. The fourth-order valence-corrected chi connectivity index (χ4v) is 3.08. The standard InChI is InChI=1S/C17H21NO4/c1-11-3-4-12(17(19)20)9-18(11)10-15-8-13-7-14(21-2)5-6-16(13)22-15/h5-8,11-12H,3-4,9-10H2,1-2H3,(H,19,20). The Balaban J connectivity index is 1.78. The van der Waals surface area contributed by atoms with Gasteiger partial charge in [-0.05, 0) is 44.0 Å². The molecule has 1 fully saturated rings. The minimum atomic E-state index is -0.703. The number of ether oxygens (including phenoxy) is 1. The van der Waals surface area contributed by atoms with Crippen LogP contribution in [-0.2, 0) is 11.3 Å². The smallest absolute Gasteiger partial charge is 0.307 e. The molecule has 0 bridgehead atoms. The number of carbonyl (C=O) groups is 1. The van der Waals surface area contributed by atoms with Crippen LogP contribution in [0.2, 0.25) is 0 Å². The highest BCUT2D eigenvalue weighted by Gasteiger charge is 2.30. The summed E-state index contributed by atoms with van der Waals surface area (Å²) in [6.45, 7) is 3.36. The van der Waals surface area contributed by atoms with Gasteiger partial charge in [-0.1, -0.05) is 0 Å². The van der Waals surface area contributed by atoms with Crippen molar-refractivity contribution in [3.8, 4) is 5.75 Å². The van der Waals surface area contributed by atoms with Crippen LogP contribution in [0, 0.1) is 5.92 Å². The Bertz CT molecular complexity index is 678. The van der Waals surface area contributed by atoms with E-state index in [0.29, 0.717) is 19.1 Å². The molecule has 0 amide bonds. The molecule has 2 unspecified atom stereocenters. The van der Waals surface area contributed by atoms with Crippen LogP contribution >= 0.6 is 0 Å². The van der Waals surface area contributed by atoms with Crippen LogP contribution in [0.3, 0.4) is 0 Å². The van der Waals surface area contributed by atoms with E-state index in [1.54, 1.807) is 7.11 Å². The molecule has 0 spiro atoms. The number of hydrogen-bond donors (Lipinski definition) is 1. The Hall–Kier alpha value is -2.01. The highest BCUT2D eigenvalue weighted by Crippen LogP contribution is 2.28. The molecule has 1 aliphatic rings. The third-order valence-electron chi connectivity index (χ3n) is 4.49. The molecule has 1 N–H and O–H groups in total. The highest BCUT2D eigenvalue weighted by atomic mass is 16.5. The topological polar surface area (TPSA) is 62.9 Å². The quantitative estimate of drug-likeness (QED) is 0.940. The summed E-state index contributed by atoms with van der Waals surface area (Å²) in [5.41, 5.74) is 0.829. The fraction of sp³-hybridized carbons (Fsp3) is 0.471. The SMILES string of the molecule is COc1ccc2oc(CN3CC(C(=O)O)CCC3C)cc2c1. The Morgan fingerprint density at radius 1 is 1.41 bits per heavy atom. The molecule has 0 radical (unpaired) electrons. The molecule has 1 saturated heterocycles. The van der Waals surface area contributed by atoms with Gasteiger partial charge in [0, 0.05) is 18.0 Å². The molecule has 22 heavy (non-hydrogen) atoms. The normalized spacial score (nSPS) is 22.8. The van der Waals surface area contributed by atoms with Crippen molar-refractivity contribution >= 4 is 16.9 Å². The van der Waals surface area contributed by atoms with Crippen LogP contribution in [0.4, 0.5) is 0 Å². The number of nitrogens with zero attached hydrogens (tertiary/aromatic N) is 1. The number of benzene rings is 1. The zero-order valence-corrected chi connectivity index (χ0v) is 12.9. The molecule has 5 nitrogen and oxygen atoms in total. The van der Waals surface area contributed by atoms with Crippen LogP contribution < -0.4 is 4.74 Å². The van der Waals surface area contributed by atoms with E-state index in [-0.39, 0.29) is 5.92 Å². The van der Waals surface area contributed by atoms with Crippen molar-refractivity contribution in [1.29, 1.82) is 0 Å². The zero-order chi connectivity index (χ0) is 15.7. The summed E-state index contributed by atoms with van der Waals surface area (Å²) in [6, 6.07) is 8.10. The lowest BCUT2D eigenvalue weighted by Crippen LogP contribution is -2.43. The van der Waals surface area contributed by atoms with Crippen molar-refractivity contribution in [2.24, 2.45) is 5.92 Å². The first-order valence-electron chi connectivity index (χ1n) is 7.60. The summed E-state index contributed by atoms with van der Waals surface area (Å²) in [6.07, 6.45) is 1.66. The van der Waals surface area contributed by atoms with Gasteiger partial charge in [0.15, 0.2) is 0 Å². The predicted octanol–water partition coefficient (Wildman–Crippen LogP) is 3.13. The van der Waals surface area contributed by atoms with Gasteiger partial charge in [-0.15, -0.1) is 0 Å². The van der Waals surface area contributed by atoms with E-state index in [2.05, 4.69) is 11.8 Å². The fourth-order valence-electron chi connectivity index (χ4n) is 3.08. The molecule has 2 aromatic rings. The van der Waals surface area contributed by atoms with Crippen molar-refractivity contribution in [2.75, 3.05) is 13.7 Å². The molecular weight excluding hydrogens is 282 g/mol. The average molecular weight is 303 g/mol. The number of fused-ring (bicyclic) bond motifs is 1. The Morgan fingerprint density at radius 3 is 2.95 bits per heavy atom. The summed E-state index contributed by atoms with van der Waals surface area (Å²) in [4.78, 5) is 13.4. The van der Waals surface area contributed by atoms with E-state index in [1.165, 1.54) is 0 Å². The molecule has 1 aliphatic heterocycles. The molecule has 0 aliphatic carbocycles. The lowest BCUT2D eigenvalue weighted by atomic mass is 9.93. The third kappa shape index (κ3) is 2.95. The summed E-state index contributed by atoms with van der Waals surface area (Å²) < 4.78 is 11.1. The van der Waals surface area contributed by atoms with Crippen molar-refractivity contribution in [1.82, 2.24) is 4.90 Å². The van der Waals surface area contributed by atoms with Gasteiger partial charge >= 0.3 is 5.97 Å². The van der Waals surface area contributed by atoms with E-state index in [0.717, 1.165) is 35.3 Å². The van der Waals surface area contributed by atoms with Crippen LogP contribution in [-0.4, -0.2) is 35.7 Å². The van der Waals surface area contributed by atoms with E-state index in [9.17, 15) is 9.90 Å². The zero-order valence-electron chi connectivity index (χ0n) is 12.9.